The van der Waals surface area contributed by atoms with E-state index in [9.17, 15) is 0 Å². The molecule has 0 atom stereocenters. The van der Waals surface area contributed by atoms with Crippen LogP contribution in [0.25, 0.3) is 38.2 Å². The zero-order valence-corrected chi connectivity index (χ0v) is 10.9. The molecule has 98 valence electrons. The van der Waals surface area contributed by atoms with E-state index in [-0.39, 0.29) is 0 Å². The predicted molar refractivity (Wildman–Crippen MR) is 81.0 cm³/mol. The van der Waals surface area contributed by atoms with Crippen LogP contribution in [-0.2, 0) is 0 Å². The second-order valence-electron chi connectivity index (χ2n) is 4.63. The first-order valence-electron chi connectivity index (χ1n) is 6.48. The number of benzene rings is 1. The lowest BCUT2D eigenvalue weighted by Crippen LogP contribution is -1.81. The number of nitrogens with zero attached hydrogens (tertiary/aromatic N) is 3. The topological polar surface area (TPSA) is 43.3 Å². The van der Waals surface area contributed by atoms with Crippen LogP contribution in [0.4, 0.5) is 5.82 Å². The van der Waals surface area contributed by atoms with Crippen LogP contribution in [-0.4, -0.2) is 9.97 Å². The molecule has 0 amide bonds. The number of furan rings is 1. The lowest BCUT2D eigenvalue weighted by atomic mass is 10.1. The Bertz CT molecular complexity index is 997. The summed E-state index contributed by atoms with van der Waals surface area (Å²) in [6.45, 7) is 7.04. The van der Waals surface area contributed by atoms with Crippen LogP contribution < -0.4 is 0 Å². The molecular formula is C17H9N3O. The molecule has 0 radical (unpaired) electrons. The van der Waals surface area contributed by atoms with Crippen LogP contribution in [0.1, 0.15) is 0 Å². The summed E-state index contributed by atoms with van der Waals surface area (Å²) in [6, 6.07) is 15.3. The molecule has 0 bridgehead atoms. The summed E-state index contributed by atoms with van der Waals surface area (Å²) in [5.41, 5.74) is 3.02. The van der Waals surface area contributed by atoms with Gasteiger partial charge in [-0.25, -0.2) is 0 Å². The van der Waals surface area contributed by atoms with E-state index in [1.54, 1.807) is 12.3 Å². The highest BCUT2D eigenvalue weighted by molar-refractivity contribution is 6.08. The minimum atomic E-state index is 0.334. The Morgan fingerprint density at radius 3 is 2.71 bits per heavy atom. The van der Waals surface area contributed by atoms with Crippen molar-refractivity contribution in [2.75, 3.05) is 0 Å². The summed E-state index contributed by atoms with van der Waals surface area (Å²) in [4.78, 5) is 11.9. The summed E-state index contributed by atoms with van der Waals surface area (Å²) in [5, 5.41) is 1.90. The van der Waals surface area contributed by atoms with Crippen LogP contribution >= 0.6 is 0 Å². The minimum Gasteiger partial charge on any atom is -0.420 e. The summed E-state index contributed by atoms with van der Waals surface area (Å²) < 4.78 is 5.89. The van der Waals surface area contributed by atoms with Crippen LogP contribution in [0.15, 0.2) is 59.1 Å². The maximum absolute atomic E-state index is 7.04. The van der Waals surface area contributed by atoms with Crippen molar-refractivity contribution in [2.45, 2.75) is 0 Å². The molecule has 0 saturated carbocycles. The molecule has 21 heavy (non-hydrogen) atoms. The van der Waals surface area contributed by atoms with Crippen molar-refractivity contribution < 1.29 is 4.42 Å². The molecule has 4 heteroatoms. The number of rotatable bonds is 1. The normalized spacial score (nSPS) is 10.8. The largest absolute Gasteiger partial charge is 0.420 e. The molecule has 0 aliphatic rings. The van der Waals surface area contributed by atoms with E-state index in [0.29, 0.717) is 11.5 Å². The smallest absolute Gasteiger partial charge is 0.322 e. The van der Waals surface area contributed by atoms with Crippen LogP contribution in [0.3, 0.4) is 0 Å². The predicted octanol–water partition coefficient (Wildman–Crippen LogP) is 4.59. The van der Waals surface area contributed by atoms with Crippen LogP contribution in [0.2, 0.25) is 0 Å². The number of hydrogen-bond acceptors (Lipinski definition) is 3. The molecule has 4 aromatic rings. The van der Waals surface area contributed by atoms with Crippen molar-refractivity contribution in [3.05, 3.63) is 66.1 Å². The van der Waals surface area contributed by atoms with E-state index in [2.05, 4.69) is 14.8 Å². The third kappa shape index (κ3) is 1.76. The van der Waals surface area contributed by atoms with E-state index in [1.807, 2.05) is 42.5 Å². The average Bonchev–Trinajstić information content (AvgIpc) is 2.93. The zero-order valence-electron chi connectivity index (χ0n) is 10.9. The van der Waals surface area contributed by atoms with Crippen LogP contribution in [0, 0.1) is 6.57 Å². The molecule has 4 nitrogen and oxygen atoms in total. The van der Waals surface area contributed by atoms with Gasteiger partial charge in [-0.2, -0.15) is 0 Å². The van der Waals surface area contributed by atoms with Gasteiger partial charge in [-0.05, 0) is 24.3 Å². The highest BCUT2D eigenvalue weighted by Crippen LogP contribution is 2.34. The Hall–Kier alpha value is -3.19. The van der Waals surface area contributed by atoms with Gasteiger partial charge in [0.25, 0.3) is 5.82 Å². The maximum Gasteiger partial charge on any atom is 0.322 e. The highest BCUT2D eigenvalue weighted by Gasteiger charge is 2.15. The highest BCUT2D eigenvalue weighted by atomic mass is 16.3. The Balaban J connectivity index is 2.08. The molecule has 0 N–H and O–H groups in total. The first kappa shape index (κ1) is 11.6. The third-order valence-corrected chi connectivity index (χ3v) is 3.40. The number of para-hydroxylation sites is 1. The molecule has 0 unspecified atom stereocenters. The molecule has 0 aliphatic heterocycles. The van der Waals surface area contributed by atoms with Gasteiger partial charge in [0, 0.05) is 17.1 Å². The number of aromatic nitrogens is 2. The van der Waals surface area contributed by atoms with Gasteiger partial charge in [-0.3, -0.25) is 4.98 Å². The van der Waals surface area contributed by atoms with Gasteiger partial charge in [-0.1, -0.05) is 35.8 Å². The molecule has 0 aliphatic carbocycles. The summed E-state index contributed by atoms with van der Waals surface area (Å²) in [6.07, 6.45) is 1.76. The molecule has 0 spiro atoms. The second-order valence-corrected chi connectivity index (χ2v) is 4.63. The van der Waals surface area contributed by atoms with Crippen molar-refractivity contribution in [3.8, 4) is 11.3 Å². The molecule has 0 saturated heterocycles. The summed E-state index contributed by atoms with van der Waals surface area (Å²) in [7, 11) is 0. The molecule has 3 heterocycles. The quantitative estimate of drug-likeness (QED) is 0.475. The van der Waals surface area contributed by atoms with Gasteiger partial charge in [0.1, 0.15) is 5.58 Å². The minimum absolute atomic E-state index is 0.334. The molecule has 4 rings (SSSR count). The van der Waals surface area contributed by atoms with Gasteiger partial charge in [0.15, 0.2) is 0 Å². The Kier molecular flexibility index (Phi) is 2.45. The molecular weight excluding hydrogens is 262 g/mol. The van der Waals surface area contributed by atoms with Crippen molar-refractivity contribution in [3.63, 3.8) is 0 Å². The van der Waals surface area contributed by atoms with Gasteiger partial charge in [-0.15, -0.1) is 0 Å². The van der Waals surface area contributed by atoms with Crippen molar-refractivity contribution >= 4 is 27.9 Å². The first-order valence-corrected chi connectivity index (χ1v) is 6.48. The first-order chi connectivity index (χ1) is 10.4. The van der Waals surface area contributed by atoms with Crippen molar-refractivity contribution in [1.29, 1.82) is 0 Å². The zero-order chi connectivity index (χ0) is 14.2. The van der Waals surface area contributed by atoms with Gasteiger partial charge in [0.2, 0.25) is 0 Å². The third-order valence-electron chi connectivity index (χ3n) is 3.40. The van der Waals surface area contributed by atoms with Crippen molar-refractivity contribution in [2.24, 2.45) is 0 Å². The van der Waals surface area contributed by atoms with E-state index in [0.717, 1.165) is 27.6 Å². The van der Waals surface area contributed by atoms with E-state index in [4.69, 9.17) is 11.0 Å². The SMILES string of the molecule is [C-]#[N+]c1ccc2c(n1)oc1c(-c3ccccn3)cccc12. The molecule has 3 aromatic heterocycles. The molecule has 1 aromatic carbocycles. The number of pyridine rings is 2. The fraction of sp³-hybridized carbons (Fsp3) is 0. The maximum atomic E-state index is 7.04. The Labute approximate surface area is 120 Å². The monoisotopic (exact) mass is 271 g/mol. The molecule has 0 fully saturated rings. The lowest BCUT2D eigenvalue weighted by molar-refractivity contribution is 0.656. The number of hydrogen-bond donors (Lipinski definition) is 0. The van der Waals surface area contributed by atoms with E-state index < -0.39 is 0 Å². The lowest BCUT2D eigenvalue weighted by Gasteiger charge is -2.00. The Morgan fingerprint density at radius 2 is 1.90 bits per heavy atom. The summed E-state index contributed by atoms with van der Waals surface area (Å²) >= 11 is 0. The summed E-state index contributed by atoms with van der Waals surface area (Å²) in [5.74, 6) is 0.334. The van der Waals surface area contributed by atoms with E-state index >= 15 is 0 Å². The second kappa shape index (κ2) is 4.43. The van der Waals surface area contributed by atoms with Crippen LogP contribution in [0.5, 0.6) is 0 Å². The number of fused-ring (bicyclic) bond motifs is 3. The van der Waals surface area contributed by atoms with Crippen molar-refractivity contribution in [1.82, 2.24) is 9.97 Å². The van der Waals surface area contributed by atoms with Gasteiger partial charge >= 0.3 is 5.71 Å². The average molecular weight is 271 g/mol. The van der Waals surface area contributed by atoms with Gasteiger partial charge in [0.05, 0.1) is 11.1 Å². The van der Waals surface area contributed by atoms with Gasteiger partial charge < -0.3 is 9.26 Å². The fourth-order valence-corrected chi connectivity index (χ4v) is 2.46. The van der Waals surface area contributed by atoms with E-state index in [1.165, 1.54) is 0 Å². The Morgan fingerprint density at radius 1 is 0.952 bits per heavy atom. The fourth-order valence-electron chi connectivity index (χ4n) is 2.46. The standard InChI is InChI=1S/C17H9N3O/c1-18-15-9-8-12-11-5-4-6-13(14-7-2-3-10-19-14)16(11)21-17(12)20-15/h2-10H.